The maximum Gasteiger partial charge on any atom is 0.156 e. The number of ketones is 1. The van der Waals surface area contributed by atoms with Crippen molar-refractivity contribution in [2.45, 2.75) is 25.7 Å². The minimum atomic E-state index is -0.505. The number of carbonyl (C=O) groups is 1. The zero-order valence-electron chi connectivity index (χ0n) is 18.2. The van der Waals surface area contributed by atoms with Gasteiger partial charge in [-0.15, -0.1) is 0 Å². The van der Waals surface area contributed by atoms with E-state index in [1.54, 1.807) is 12.1 Å². The van der Waals surface area contributed by atoms with Gasteiger partial charge < -0.3 is 10.2 Å². The van der Waals surface area contributed by atoms with Gasteiger partial charge in [-0.05, 0) is 59.4 Å². The SMILES string of the molecule is Cc1cc(C(C(=O)C(c2ccccc2)c2ccc(O)c(C)c2)c2ccccc2)ccc1O. The molecule has 3 nitrogen and oxygen atoms in total. The fraction of sp³-hybridized carbons (Fsp3) is 0.138. The van der Waals surface area contributed by atoms with Gasteiger partial charge in [0, 0.05) is 0 Å². The number of rotatable bonds is 6. The van der Waals surface area contributed by atoms with Gasteiger partial charge in [-0.25, -0.2) is 0 Å². The quantitative estimate of drug-likeness (QED) is 0.386. The molecule has 0 bridgehead atoms. The van der Waals surface area contributed by atoms with Crippen LogP contribution in [0, 0.1) is 13.8 Å². The van der Waals surface area contributed by atoms with Crippen LogP contribution < -0.4 is 0 Å². The summed E-state index contributed by atoms with van der Waals surface area (Å²) in [5.41, 5.74) is 4.94. The summed E-state index contributed by atoms with van der Waals surface area (Å²) in [6.07, 6.45) is 0. The Morgan fingerprint density at radius 1 is 0.562 bits per heavy atom. The fourth-order valence-corrected chi connectivity index (χ4v) is 4.22. The number of Topliss-reactive ketones (excluding diaryl/α,β-unsaturated/α-hetero) is 1. The van der Waals surface area contributed by atoms with E-state index in [0.29, 0.717) is 0 Å². The number of phenolic OH excluding ortho intramolecular Hbond substituents is 2. The van der Waals surface area contributed by atoms with Gasteiger partial charge in [-0.2, -0.15) is 0 Å². The molecule has 0 heterocycles. The van der Waals surface area contributed by atoms with Gasteiger partial charge in [0.1, 0.15) is 11.5 Å². The van der Waals surface area contributed by atoms with Gasteiger partial charge in [0.2, 0.25) is 0 Å². The second-order valence-corrected chi connectivity index (χ2v) is 8.18. The maximum atomic E-state index is 14.3. The highest BCUT2D eigenvalue weighted by atomic mass is 16.3. The molecule has 0 amide bonds. The molecule has 4 rings (SSSR count). The lowest BCUT2D eigenvalue weighted by Gasteiger charge is -2.25. The third-order valence-electron chi connectivity index (χ3n) is 5.94. The summed E-state index contributed by atoms with van der Waals surface area (Å²) in [7, 11) is 0. The second-order valence-electron chi connectivity index (χ2n) is 8.18. The fourth-order valence-electron chi connectivity index (χ4n) is 4.22. The lowest BCUT2D eigenvalue weighted by Crippen LogP contribution is -2.23. The number of hydrogen-bond donors (Lipinski definition) is 2. The molecule has 0 spiro atoms. The zero-order valence-corrected chi connectivity index (χ0v) is 18.2. The lowest BCUT2D eigenvalue weighted by molar-refractivity contribution is -0.120. The first-order valence-electron chi connectivity index (χ1n) is 10.7. The van der Waals surface area contributed by atoms with E-state index in [9.17, 15) is 15.0 Å². The van der Waals surface area contributed by atoms with Crippen molar-refractivity contribution in [2.24, 2.45) is 0 Å². The van der Waals surface area contributed by atoms with Crippen LogP contribution in [0.25, 0.3) is 0 Å². The minimum Gasteiger partial charge on any atom is -0.508 e. The highest BCUT2D eigenvalue weighted by Crippen LogP contribution is 2.37. The third kappa shape index (κ3) is 4.28. The topological polar surface area (TPSA) is 57.5 Å². The van der Waals surface area contributed by atoms with Crippen LogP contribution >= 0.6 is 0 Å². The van der Waals surface area contributed by atoms with Crippen LogP contribution in [-0.2, 0) is 4.79 Å². The molecule has 0 saturated heterocycles. The molecular formula is C29H26O3. The van der Waals surface area contributed by atoms with E-state index in [0.717, 1.165) is 33.4 Å². The summed E-state index contributed by atoms with van der Waals surface area (Å²) in [5.74, 6) is -0.550. The Hall–Kier alpha value is -3.85. The summed E-state index contributed by atoms with van der Waals surface area (Å²) in [5, 5.41) is 20.1. The normalized spacial score (nSPS) is 12.8. The van der Waals surface area contributed by atoms with Crippen molar-refractivity contribution in [3.05, 3.63) is 130 Å². The predicted octanol–water partition coefficient (Wildman–Crippen LogP) is 6.25. The minimum absolute atomic E-state index is 0.0394. The van der Waals surface area contributed by atoms with Crippen LogP contribution in [0.5, 0.6) is 11.5 Å². The molecule has 0 aromatic heterocycles. The van der Waals surface area contributed by atoms with E-state index >= 15 is 0 Å². The van der Waals surface area contributed by atoms with Crippen LogP contribution in [0.3, 0.4) is 0 Å². The van der Waals surface area contributed by atoms with Gasteiger partial charge in [-0.3, -0.25) is 4.79 Å². The molecule has 0 saturated carbocycles. The zero-order chi connectivity index (χ0) is 22.7. The second kappa shape index (κ2) is 9.11. The molecule has 0 aliphatic rings. The van der Waals surface area contributed by atoms with Crippen LogP contribution in [0.2, 0.25) is 0 Å². The highest BCUT2D eigenvalue weighted by Gasteiger charge is 2.32. The number of hydrogen-bond acceptors (Lipinski definition) is 3. The third-order valence-corrected chi connectivity index (χ3v) is 5.94. The number of carbonyl (C=O) groups excluding carboxylic acids is 1. The first-order chi connectivity index (χ1) is 15.5. The van der Waals surface area contributed by atoms with Gasteiger partial charge in [0.05, 0.1) is 11.8 Å². The molecule has 2 N–H and O–H groups in total. The standard InChI is InChI=1S/C29H26O3/c1-19-17-23(13-15-25(19)30)27(21-9-5-3-6-10-21)29(32)28(22-11-7-4-8-12-22)24-14-16-26(31)20(2)18-24/h3-18,27-28,30-31H,1-2H3. The Morgan fingerprint density at radius 3 is 1.28 bits per heavy atom. The maximum absolute atomic E-state index is 14.3. The van der Waals surface area contributed by atoms with Gasteiger partial charge >= 0.3 is 0 Å². The van der Waals surface area contributed by atoms with Crippen LogP contribution in [0.4, 0.5) is 0 Å². The van der Waals surface area contributed by atoms with E-state index in [1.165, 1.54) is 0 Å². The Morgan fingerprint density at radius 2 is 0.938 bits per heavy atom. The molecule has 160 valence electrons. The summed E-state index contributed by atoms with van der Waals surface area (Å²) in [6, 6.07) is 30.2. The van der Waals surface area contributed by atoms with Crippen LogP contribution in [0.15, 0.2) is 97.1 Å². The molecule has 3 heteroatoms. The van der Waals surface area contributed by atoms with Crippen molar-refractivity contribution in [1.29, 1.82) is 0 Å². The molecule has 32 heavy (non-hydrogen) atoms. The first kappa shape index (κ1) is 21.4. The Bertz CT molecular complexity index is 1130. The summed E-state index contributed by atoms with van der Waals surface area (Å²) < 4.78 is 0. The lowest BCUT2D eigenvalue weighted by atomic mass is 9.76. The van der Waals surface area contributed by atoms with E-state index in [-0.39, 0.29) is 17.3 Å². The van der Waals surface area contributed by atoms with E-state index in [4.69, 9.17) is 0 Å². The molecule has 0 radical (unpaired) electrons. The van der Waals surface area contributed by atoms with E-state index < -0.39 is 11.8 Å². The van der Waals surface area contributed by atoms with Gasteiger partial charge in [0.25, 0.3) is 0 Å². The smallest absolute Gasteiger partial charge is 0.156 e. The van der Waals surface area contributed by atoms with Crippen molar-refractivity contribution in [2.75, 3.05) is 0 Å². The van der Waals surface area contributed by atoms with Gasteiger partial charge in [-0.1, -0.05) is 84.9 Å². The van der Waals surface area contributed by atoms with E-state index in [1.807, 2.05) is 98.8 Å². The summed E-state index contributed by atoms with van der Waals surface area (Å²) in [4.78, 5) is 14.3. The molecule has 0 fully saturated rings. The number of phenols is 2. The molecule has 2 atom stereocenters. The Balaban J connectivity index is 1.90. The highest BCUT2D eigenvalue weighted by molar-refractivity contribution is 5.97. The van der Waals surface area contributed by atoms with Gasteiger partial charge in [0.15, 0.2) is 5.78 Å². The molecule has 0 aliphatic heterocycles. The number of benzene rings is 4. The predicted molar refractivity (Wildman–Crippen MR) is 127 cm³/mol. The van der Waals surface area contributed by atoms with Crippen molar-refractivity contribution in [3.63, 3.8) is 0 Å². The van der Waals surface area contributed by atoms with Crippen molar-refractivity contribution in [3.8, 4) is 11.5 Å². The Labute approximate surface area is 188 Å². The van der Waals surface area contributed by atoms with Crippen molar-refractivity contribution < 1.29 is 15.0 Å². The Kier molecular flexibility index (Phi) is 6.09. The largest absolute Gasteiger partial charge is 0.508 e. The molecule has 4 aromatic rings. The van der Waals surface area contributed by atoms with E-state index in [2.05, 4.69) is 0 Å². The number of aryl methyl sites for hydroxylation is 2. The van der Waals surface area contributed by atoms with Crippen LogP contribution in [0.1, 0.15) is 45.2 Å². The molecular weight excluding hydrogens is 396 g/mol. The monoisotopic (exact) mass is 422 g/mol. The summed E-state index contributed by atoms with van der Waals surface area (Å²) >= 11 is 0. The number of aromatic hydroxyl groups is 2. The van der Waals surface area contributed by atoms with Crippen molar-refractivity contribution in [1.82, 2.24) is 0 Å². The van der Waals surface area contributed by atoms with Crippen LogP contribution in [-0.4, -0.2) is 16.0 Å². The molecule has 2 unspecified atom stereocenters. The first-order valence-corrected chi connectivity index (χ1v) is 10.7. The average Bonchev–Trinajstić information content (AvgIpc) is 2.80. The summed E-state index contributed by atoms with van der Waals surface area (Å²) in [6.45, 7) is 3.67. The average molecular weight is 423 g/mol. The molecule has 0 aliphatic carbocycles. The molecule has 4 aromatic carbocycles. The van der Waals surface area contributed by atoms with Crippen molar-refractivity contribution >= 4 is 5.78 Å².